The molecule has 1 aromatic carbocycles. The highest BCUT2D eigenvalue weighted by molar-refractivity contribution is 7.80. The van der Waals surface area contributed by atoms with Crippen molar-refractivity contribution in [2.45, 2.75) is 38.0 Å². The fourth-order valence-electron chi connectivity index (χ4n) is 3.34. The summed E-state index contributed by atoms with van der Waals surface area (Å²) >= 11 is 10.9. The number of amides is 1. The number of carbonyl (C=O) groups excluding carboxylic acids is 1. The molecule has 0 saturated carbocycles. The Balaban J connectivity index is 1.66. The van der Waals surface area contributed by atoms with Gasteiger partial charge in [-0.25, -0.2) is 4.68 Å². The van der Waals surface area contributed by atoms with Crippen LogP contribution in [0, 0.1) is 0 Å². The largest absolute Gasteiger partial charge is 0.410 e. The summed E-state index contributed by atoms with van der Waals surface area (Å²) in [7, 11) is 0. The van der Waals surface area contributed by atoms with Crippen LogP contribution in [0.3, 0.4) is 0 Å². The number of anilines is 1. The van der Waals surface area contributed by atoms with Crippen LogP contribution in [0.4, 0.5) is 19.0 Å². The third kappa shape index (κ3) is 6.71. The third-order valence-corrected chi connectivity index (χ3v) is 5.44. The number of hydrazine groups is 1. The van der Waals surface area contributed by atoms with Gasteiger partial charge in [0.25, 0.3) is 5.91 Å². The van der Waals surface area contributed by atoms with E-state index in [1.807, 2.05) is 6.92 Å². The number of alkyl halides is 3. The van der Waals surface area contributed by atoms with Crippen molar-refractivity contribution in [3.05, 3.63) is 46.6 Å². The lowest BCUT2D eigenvalue weighted by Gasteiger charge is -2.33. The number of halogens is 4. The number of rotatable bonds is 7. The molecule has 33 heavy (non-hydrogen) atoms. The molecule has 2 aromatic rings. The smallest absolute Gasteiger partial charge is 0.382 e. The maximum absolute atomic E-state index is 13.8. The predicted molar refractivity (Wildman–Crippen MR) is 122 cm³/mol. The van der Waals surface area contributed by atoms with Gasteiger partial charge >= 0.3 is 6.18 Å². The van der Waals surface area contributed by atoms with Gasteiger partial charge in [0.15, 0.2) is 16.8 Å². The van der Waals surface area contributed by atoms with Gasteiger partial charge in [-0.3, -0.25) is 15.6 Å². The second-order valence-electron chi connectivity index (χ2n) is 7.29. The van der Waals surface area contributed by atoms with Crippen LogP contribution < -0.4 is 21.5 Å². The van der Waals surface area contributed by atoms with Crippen molar-refractivity contribution in [3.8, 4) is 0 Å². The second-order valence-corrected chi connectivity index (χ2v) is 8.13. The van der Waals surface area contributed by atoms with Gasteiger partial charge in [-0.1, -0.05) is 23.7 Å². The van der Waals surface area contributed by atoms with E-state index in [0.717, 1.165) is 11.1 Å². The predicted octanol–water partition coefficient (Wildman–Crippen LogP) is 3.73. The minimum atomic E-state index is -4.55. The lowest BCUT2D eigenvalue weighted by molar-refractivity contribution is -0.173. The SMILES string of the molecule is CCOCCCNC(=S)NNC(=O)c1cc2n(n1)[C@H](C(F)(F)F)C[C@H](c1ccc(Cl)cc1)N2. The maximum Gasteiger partial charge on any atom is 0.410 e. The molecule has 1 amide bonds. The summed E-state index contributed by atoms with van der Waals surface area (Å²) in [6.45, 7) is 3.62. The Morgan fingerprint density at radius 1 is 1.33 bits per heavy atom. The molecular weight excluding hydrogens is 481 g/mol. The monoisotopic (exact) mass is 504 g/mol. The first-order valence-electron chi connectivity index (χ1n) is 10.3. The number of thiocarbonyl (C=S) groups is 1. The lowest BCUT2D eigenvalue weighted by Crippen LogP contribution is -2.47. The zero-order valence-corrected chi connectivity index (χ0v) is 19.3. The third-order valence-electron chi connectivity index (χ3n) is 4.94. The topological polar surface area (TPSA) is 92.2 Å². The average Bonchev–Trinajstić information content (AvgIpc) is 3.20. The van der Waals surface area contributed by atoms with Gasteiger partial charge in [-0.2, -0.15) is 18.3 Å². The summed E-state index contributed by atoms with van der Waals surface area (Å²) in [5.74, 6) is -0.633. The molecule has 0 saturated heterocycles. The number of nitrogens with zero attached hydrogens (tertiary/aromatic N) is 2. The molecule has 8 nitrogen and oxygen atoms in total. The van der Waals surface area contributed by atoms with Crippen molar-refractivity contribution in [1.82, 2.24) is 25.9 Å². The molecule has 0 radical (unpaired) electrons. The molecule has 180 valence electrons. The highest BCUT2D eigenvalue weighted by atomic mass is 35.5. The van der Waals surface area contributed by atoms with Crippen molar-refractivity contribution in [2.75, 3.05) is 25.1 Å². The Bertz CT molecular complexity index is 970. The molecule has 1 aromatic heterocycles. The molecule has 4 N–H and O–H groups in total. The zero-order valence-electron chi connectivity index (χ0n) is 17.7. The molecule has 0 spiro atoms. The average molecular weight is 505 g/mol. The summed E-state index contributed by atoms with van der Waals surface area (Å²) in [5.41, 5.74) is 5.31. The lowest BCUT2D eigenvalue weighted by atomic mass is 9.97. The van der Waals surface area contributed by atoms with Crippen LogP contribution in [0.25, 0.3) is 0 Å². The number of aromatic nitrogens is 2. The van der Waals surface area contributed by atoms with Gasteiger partial charge in [0.2, 0.25) is 0 Å². The molecule has 1 aliphatic rings. The van der Waals surface area contributed by atoms with Crippen LogP contribution in [-0.4, -0.2) is 46.7 Å². The molecule has 1 aliphatic heterocycles. The number of hydrogen-bond donors (Lipinski definition) is 4. The molecule has 13 heteroatoms. The highest BCUT2D eigenvalue weighted by Crippen LogP contribution is 2.43. The van der Waals surface area contributed by atoms with Gasteiger partial charge < -0.3 is 15.4 Å². The van der Waals surface area contributed by atoms with E-state index >= 15 is 0 Å². The van der Waals surface area contributed by atoms with E-state index in [2.05, 4.69) is 26.6 Å². The minimum Gasteiger partial charge on any atom is -0.382 e. The first kappa shape index (κ1) is 25.1. The van der Waals surface area contributed by atoms with Gasteiger partial charge in [0.1, 0.15) is 5.82 Å². The Labute approximate surface area is 199 Å². The van der Waals surface area contributed by atoms with E-state index in [1.165, 1.54) is 6.07 Å². The van der Waals surface area contributed by atoms with Crippen molar-refractivity contribution in [3.63, 3.8) is 0 Å². The van der Waals surface area contributed by atoms with E-state index in [-0.39, 0.29) is 23.0 Å². The van der Waals surface area contributed by atoms with Crippen molar-refractivity contribution >= 4 is 40.7 Å². The molecule has 2 heterocycles. The maximum atomic E-state index is 13.8. The van der Waals surface area contributed by atoms with Crippen LogP contribution in [0.2, 0.25) is 5.02 Å². The van der Waals surface area contributed by atoms with Crippen molar-refractivity contribution in [2.24, 2.45) is 0 Å². The first-order valence-corrected chi connectivity index (χ1v) is 11.1. The summed E-state index contributed by atoms with van der Waals surface area (Å²) in [4.78, 5) is 12.4. The van der Waals surface area contributed by atoms with E-state index < -0.39 is 24.2 Å². The van der Waals surface area contributed by atoms with E-state index in [0.29, 0.717) is 30.3 Å². The quantitative estimate of drug-likeness (QED) is 0.259. The number of ether oxygens (including phenoxy) is 1. The van der Waals surface area contributed by atoms with E-state index in [1.54, 1.807) is 24.3 Å². The van der Waals surface area contributed by atoms with Gasteiger partial charge in [0.05, 0.1) is 6.04 Å². The standard InChI is InChI=1S/C20H24ClF3N6O2S/c1-2-32-9-3-8-25-19(33)28-27-18(31)15-11-17-26-14(12-4-6-13(21)7-5-12)10-16(20(22,23)24)30(17)29-15/h4-7,11,14,16,26H,2-3,8-10H2,1H3,(H,27,31)(H2,25,28,33)/t14-,16+/m1/s1. The minimum absolute atomic E-state index is 0.0882. The molecule has 0 fully saturated rings. The molecule has 2 atom stereocenters. The summed E-state index contributed by atoms with van der Waals surface area (Å²) in [5, 5.41) is 10.5. The van der Waals surface area contributed by atoms with Gasteiger partial charge in [0, 0.05) is 37.3 Å². The van der Waals surface area contributed by atoms with Crippen LogP contribution >= 0.6 is 23.8 Å². The van der Waals surface area contributed by atoms with Crippen LogP contribution in [0.1, 0.15) is 47.9 Å². The van der Waals surface area contributed by atoms with Crippen LogP contribution in [-0.2, 0) is 4.74 Å². The fourth-order valence-corrected chi connectivity index (χ4v) is 3.62. The Morgan fingerprint density at radius 3 is 2.73 bits per heavy atom. The Hall–Kier alpha value is -2.57. The first-order chi connectivity index (χ1) is 15.7. The van der Waals surface area contributed by atoms with Gasteiger partial charge in [-0.05, 0) is 43.3 Å². The number of nitrogens with one attached hydrogen (secondary N) is 4. The van der Waals surface area contributed by atoms with Crippen LogP contribution in [0.5, 0.6) is 0 Å². The summed E-state index contributed by atoms with van der Waals surface area (Å²) in [6, 6.07) is 5.32. The molecule has 0 bridgehead atoms. The van der Waals surface area contributed by atoms with Gasteiger partial charge in [-0.15, -0.1) is 0 Å². The normalized spacial score (nSPS) is 17.6. The molecule has 0 aliphatic carbocycles. The van der Waals surface area contributed by atoms with E-state index in [4.69, 9.17) is 28.6 Å². The van der Waals surface area contributed by atoms with E-state index in [9.17, 15) is 18.0 Å². The zero-order chi connectivity index (χ0) is 24.0. The number of benzene rings is 1. The Morgan fingerprint density at radius 2 is 2.06 bits per heavy atom. The Kier molecular flexibility index (Phi) is 8.38. The summed E-state index contributed by atoms with van der Waals surface area (Å²) < 4.78 is 47.3. The summed E-state index contributed by atoms with van der Waals surface area (Å²) in [6.07, 6.45) is -4.11. The molecular formula is C20H24ClF3N6O2S. The highest BCUT2D eigenvalue weighted by Gasteiger charge is 2.46. The fraction of sp³-hybridized carbons (Fsp3) is 0.450. The van der Waals surface area contributed by atoms with Crippen molar-refractivity contribution in [1.29, 1.82) is 0 Å². The number of hydrogen-bond acceptors (Lipinski definition) is 5. The number of fused-ring (bicyclic) bond motifs is 1. The van der Waals surface area contributed by atoms with Crippen molar-refractivity contribution < 1.29 is 22.7 Å². The second kappa shape index (κ2) is 11.0. The molecule has 0 unspecified atom stereocenters. The number of carbonyl (C=O) groups is 1. The van der Waals surface area contributed by atoms with Crippen LogP contribution in [0.15, 0.2) is 30.3 Å². The molecule has 3 rings (SSSR count).